The molecule has 0 aliphatic rings. The zero-order valence-electron chi connectivity index (χ0n) is 54.0. The number of hydrogen-bond donors (Lipinski definition) is 0. The maximum absolute atomic E-state index is 17.5. The minimum absolute atomic E-state index is 0.0744. The van der Waals surface area contributed by atoms with Crippen LogP contribution in [0.4, 0.5) is 26.3 Å². The largest absolute Gasteiger partial charge is 0.419 e. The fourth-order valence-corrected chi connectivity index (χ4v) is 15.7. The van der Waals surface area contributed by atoms with Gasteiger partial charge in [0.2, 0.25) is 5.95 Å². The molecule has 5 aromatic heterocycles. The lowest BCUT2D eigenvalue weighted by Crippen LogP contribution is -2.23. The molecule has 13 heteroatoms. The zero-order chi connectivity index (χ0) is 68.5. The van der Waals surface area contributed by atoms with Gasteiger partial charge in [0.1, 0.15) is 0 Å². The highest BCUT2D eigenvalue weighted by atomic mass is 19.4. The van der Waals surface area contributed by atoms with E-state index in [4.69, 9.17) is 15.0 Å². The quantitative estimate of drug-likeness (QED) is 0.128. The van der Waals surface area contributed by atoms with E-state index in [1.165, 1.54) is 28.8 Å². The third-order valence-corrected chi connectivity index (χ3v) is 19.8. The van der Waals surface area contributed by atoms with E-state index in [-0.39, 0.29) is 27.8 Å². The molecule has 0 saturated carbocycles. The molecule has 0 spiro atoms. The third-order valence-electron chi connectivity index (χ3n) is 19.8. The molecule has 486 valence electrons. The van der Waals surface area contributed by atoms with Crippen molar-refractivity contribution in [2.75, 3.05) is 0 Å². The number of nitrogens with zero attached hydrogens (tertiary/aromatic N) is 7. The van der Waals surface area contributed by atoms with Crippen LogP contribution < -0.4 is 0 Å². The first-order valence-electron chi connectivity index (χ1n) is 33.5. The zero-order valence-corrected chi connectivity index (χ0v) is 54.0. The monoisotopic (exact) mass is 1330 g/mol. The Kier molecular flexibility index (Phi) is 13.7. The number of alkyl halides is 6. The molecule has 0 saturated heterocycles. The second-order valence-electron chi connectivity index (χ2n) is 25.6. The molecular weight excluding hydrogens is 1280 g/mol. The van der Waals surface area contributed by atoms with Crippen molar-refractivity contribution in [2.24, 2.45) is 0 Å². The number of rotatable bonds is 10. The van der Waals surface area contributed by atoms with Crippen LogP contribution in [0, 0.1) is 0 Å². The Morgan fingerprint density at radius 3 is 1.12 bits per heavy atom. The van der Waals surface area contributed by atoms with Crippen LogP contribution in [0.3, 0.4) is 0 Å². The van der Waals surface area contributed by atoms with Crippen LogP contribution in [-0.4, -0.2) is 33.2 Å². The molecule has 0 unspecified atom stereocenters. The first kappa shape index (κ1) is 60.1. The number of para-hydroxylation sites is 6. The molecule has 0 amide bonds. The van der Waals surface area contributed by atoms with Gasteiger partial charge < -0.3 is 13.7 Å². The molecular formula is C89H53F6N7. The van der Waals surface area contributed by atoms with Crippen LogP contribution in [0.15, 0.2) is 322 Å². The van der Waals surface area contributed by atoms with Crippen LogP contribution in [0.25, 0.3) is 178 Å². The number of benzene rings is 14. The van der Waals surface area contributed by atoms with E-state index in [0.29, 0.717) is 66.9 Å². The standard InChI is InChI=1S/C89H53F6N7/c90-88(91,92)81-78(54-25-5-1-6-26-54)83(100-71-42-19-13-35-63(71)64-36-14-20-43-72(64)100)79(55-27-7-2-8-28-55)82(89(93,94)95)84(81)101-74-45-22-17-39-67(74)80-62(40-24-46-77(80)101)59-31-23-32-60(51-59)86-96-85(56-29-9-3-10-30-56)97-87(98-86)102-73-44-21-16-38-66(73)69-53-58(48-50-76(69)102)57-47-49-75-68(52-57)65-37-15-18-41-70(65)99(75)61-33-11-4-12-34-61/h1-53H. The molecule has 0 bridgehead atoms. The molecule has 102 heavy (non-hydrogen) atoms. The summed E-state index contributed by atoms with van der Waals surface area (Å²) in [5.74, 6) is 1.10. The van der Waals surface area contributed by atoms with Gasteiger partial charge in [-0.15, -0.1) is 0 Å². The lowest BCUT2D eigenvalue weighted by Gasteiger charge is -2.31. The molecule has 0 radical (unpaired) electrons. The molecule has 0 N–H and O–H groups in total. The molecule has 19 rings (SSSR count). The number of fused-ring (bicyclic) bond motifs is 12. The second kappa shape index (κ2) is 23.3. The average molecular weight is 1330 g/mol. The van der Waals surface area contributed by atoms with Crippen molar-refractivity contribution < 1.29 is 26.3 Å². The number of hydrogen-bond acceptors (Lipinski definition) is 3. The van der Waals surface area contributed by atoms with Gasteiger partial charge >= 0.3 is 12.4 Å². The molecule has 5 heterocycles. The van der Waals surface area contributed by atoms with Gasteiger partial charge in [-0.3, -0.25) is 4.57 Å². The van der Waals surface area contributed by atoms with Crippen LogP contribution >= 0.6 is 0 Å². The minimum atomic E-state index is -5.40. The summed E-state index contributed by atoms with van der Waals surface area (Å²) in [6.45, 7) is 0. The van der Waals surface area contributed by atoms with Crippen LogP contribution in [-0.2, 0) is 12.4 Å². The molecule has 14 aromatic carbocycles. The average Bonchev–Trinajstić information content (AvgIpc) is 1.34. The highest BCUT2D eigenvalue weighted by molar-refractivity contribution is 6.18. The first-order valence-corrected chi connectivity index (χ1v) is 33.5. The van der Waals surface area contributed by atoms with Gasteiger partial charge in [0.15, 0.2) is 11.6 Å². The smallest absolute Gasteiger partial charge is 0.309 e. The van der Waals surface area contributed by atoms with Crippen molar-refractivity contribution in [2.45, 2.75) is 12.4 Å². The summed E-state index contributed by atoms with van der Waals surface area (Å²) in [6, 6.07) is 99.6. The van der Waals surface area contributed by atoms with Gasteiger partial charge in [-0.25, -0.2) is 4.98 Å². The van der Waals surface area contributed by atoms with E-state index in [2.05, 4.69) is 106 Å². The summed E-state index contributed by atoms with van der Waals surface area (Å²) >= 11 is 0. The maximum Gasteiger partial charge on any atom is 0.419 e. The van der Waals surface area contributed by atoms with Crippen LogP contribution in [0.5, 0.6) is 0 Å². The summed E-state index contributed by atoms with van der Waals surface area (Å²) < 4.78 is 112. The van der Waals surface area contributed by atoms with Gasteiger partial charge in [-0.05, 0) is 112 Å². The summed E-state index contributed by atoms with van der Waals surface area (Å²) in [7, 11) is 0. The van der Waals surface area contributed by atoms with Crippen LogP contribution in [0.1, 0.15) is 11.1 Å². The predicted octanol–water partition coefficient (Wildman–Crippen LogP) is 24.3. The van der Waals surface area contributed by atoms with E-state index < -0.39 is 40.3 Å². The SMILES string of the molecule is FC(F)(F)c1c(-c2ccccc2)c(-n2c3ccccc3c3ccccc32)c(-c2ccccc2)c(C(F)(F)F)c1-n1c2ccccc2c2c(-c3cccc(-c4nc(-c5ccccc5)nc(-n5c6ccccc6c6cc(-c7ccc8c(c7)c7ccccc7n8-c7ccccc7)ccc65)n4)c3)cccc21. The van der Waals surface area contributed by atoms with Gasteiger partial charge in [0.25, 0.3) is 0 Å². The van der Waals surface area contributed by atoms with E-state index in [9.17, 15) is 0 Å². The Hall–Kier alpha value is -13.1. The van der Waals surface area contributed by atoms with Crippen molar-refractivity contribution in [3.8, 4) is 90.3 Å². The Morgan fingerprint density at radius 1 is 0.235 bits per heavy atom. The highest BCUT2D eigenvalue weighted by Crippen LogP contribution is 2.57. The minimum Gasteiger partial charge on any atom is -0.309 e. The number of aromatic nitrogens is 7. The van der Waals surface area contributed by atoms with Gasteiger partial charge in [0, 0.05) is 71.0 Å². The van der Waals surface area contributed by atoms with Gasteiger partial charge in [0.05, 0.1) is 66.6 Å². The van der Waals surface area contributed by atoms with Crippen molar-refractivity contribution in [3.05, 3.63) is 333 Å². The molecule has 0 atom stereocenters. The maximum atomic E-state index is 17.5. The molecule has 0 aliphatic heterocycles. The second-order valence-corrected chi connectivity index (χ2v) is 25.6. The van der Waals surface area contributed by atoms with Gasteiger partial charge in [-0.2, -0.15) is 36.3 Å². The summed E-state index contributed by atoms with van der Waals surface area (Å²) in [5, 5.41) is 6.47. The molecule has 19 aromatic rings. The molecule has 0 fully saturated rings. The predicted molar refractivity (Wildman–Crippen MR) is 400 cm³/mol. The molecule has 0 aliphatic carbocycles. The summed E-state index contributed by atoms with van der Waals surface area (Å²) in [4.78, 5) is 15.8. The summed E-state index contributed by atoms with van der Waals surface area (Å²) in [6.07, 6.45) is -10.8. The van der Waals surface area contributed by atoms with E-state index >= 15 is 26.3 Å². The Labute approximate surface area is 579 Å². The Bertz CT molecular complexity index is 6450. The van der Waals surface area contributed by atoms with E-state index in [1.54, 1.807) is 102 Å². The first-order chi connectivity index (χ1) is 49.9. The number of halogens is 6. The van der Waals surface area contributed by atoms with Crippen molar-refractivity contribution in [1.29, 1.82) is 0 Å². The van der Waals surface area contributed by atoms with Crippen molar-refractivity contribution in [3.63, 3.8) is 0 Å². The highest BCUT2D eigenvalue weighted by Gasteiger charge is 2.49. The van der Waals surface area contributed by atoms with Crippen LogP contribution in [0.2, 0.25) is 0 Å². The third kappa shape index (κ3) is 9.49. The lowest BCUT2D eigenvalue weighted by atomic mass is 9.85. The Morgan fingerprint density at radius 2 is 0.598 bits per heavy atom. The van der Waals surface area contributed by atoms with E-state index in [1.807, 2.05) is 103 Å². The van der Waals surface area contributed by atoms with Crippen molar-refractivity contribution >= 4 is 87.2 Å². The van der Waals surface area contributed by atoms with Crippen molar-refractivity contribution in [1.82, 2.24) is 33.2 Å². The normalized spacial score (nSPS) is 12.2. The summed E-state index contributed by atoms with van der Waals surface area (Å²) in [5.41, 5.74) is 5.88. The lowest BCUT2D eigenvalue weighted by molar-refractivity contribution is -0.142. The Balaban J connectivity index is 0.816. The van der Waals surface area contributed by atoms with Gasteiger partial charge in [-0.1, -0.05) is 243 Å². The topological polar surface area (TPSA) is 58.4 Å². The van der Waals surface area contributed by atoms with E-state index in [0.717, 1.165) is 66.0 Å². The fraction of sp³-hybridized carbons (Fsp3) is 0.0225. The fourth-order valence-electron chi connectivity index (χ4n) is 15.7. The molecule has 7 nitrogen and oxygen atoms in total.